The van der Waals surface area contributed by atoms with Gasteiger partial charge in [0, 0.05) is 12.5 Å². The van der Waals surface area contributed by atoms with Crippen LogP contribution in [0.3, 0.4) is 0 Å². The van der Waals surface area contributed by atoms with Crippen LogP contribution in [0, 0.1) is 17.6 Å². The van der Waals surface area contributed by atoms with Crippen LogP contribution in [0.1, 0.15) is 81.6 Å². The van der Waals surface area contributed by atoms with Crippen LogP contribution in [-0.4, -0.2) is 26.4 Å². The summed E-state index contributed by atoms with van der Waals surface area (Å²) in [6.45, 7) is 5.70. The number of ether oxygens (including phenoxy) is 1. The summed E-state index contributed by atoms with van der Waals surface area (Å²) in [5, 5.41) is 13.6. The summed E-state index contributed by atoms with van der Waals surface area (Å²) >= 11 is 0. The van der Waals surface area contributed by atoms with Crippen LogP contribution in [0.5, 0.6) is 0 Å². The van der Waals surface area contributed by atoms with Gasteiger partial charge in [0.2, 0.25) is 0 Å². The standard InChI is InChI=1S/C23H29F2N3O3/c1-23(2,3)31-22(30)27-17-10-9-14(15-5-4-6-16(24)19(15)25)12-28-18(11-26-21(17)28)20(29)13-7-8-13/h4-6,11,13-14,17,20,29H,7-10,12H2,1-3H3,(H,27,30)/t14-,17-,20?/m1/s1. The third kappa shape index (κ3) is 4.74. The van der Waals surface area contributed by atoms with Gasteiger partial charge in [0.25, 0.3) is 0 Å². The van der Waals surface area contributed by atoms with Crippen molar-refractivity contribution in [1.82, 2.24) is 14.9 Å². The van der Waals surface area contributed by atoms with Crippen molar-refractivity contribution in [3.8, 4) is 0 Å². The van der Waals surface area contributed by atoms with E-state index in [0.717, 1.165) is 18.9 Å². The largest absolute Gasteiger partial charge is 0.444 e. The Morgan fingerprint density at radius 3 is 2.68 bits per heavy atom. The highest BCUT2D eigenvalue weighted by molar-refractivity contribution is 5.68. The number of amides is 1. The molecule has 1 unspecified atom stereocenters. The number of aliphatic hydroxyl groups is 1. The van der Waals surface area contributed by atoms with E-state index in [1.807, 2.05) is 4.57 Å². The number of nitrogens with zero attached hydrogens (tertiary/aromatic N) is 2. The summed E-state index contributed by atoms with van der Waals surface area (Å²) in [7, 11) is 0. The fraction of sp³-hybridized carbons (Fsp3) is 0.565. The van der Waals surface area contributed by atoms with Crippen LogP contribution >= 0.6 is 0 Å². The van der Waals surface area contributed by atoms with Crippen LogP contribution in [0.25, 0.3) is 0 Å². The zero-order valence-corrected chi connectivity index (χ0v) is 18.1. The Labute approximate surface area is 180 Å². The lowest BCUT2D eigenvalue weighted by atomic mass is 9.92. The molecule has 0 spiro atoms. The molecule has 168 valence electrons. The Hall–Kier alpha value is -2.48. The molecule has 0 bridgehead atoms. The molecule has 4 rings (SSSR count). The molecule has 31 heavy (non-hydrogen) atoms. The van der Waals surface area contributed by atoms with Crippen molar-refractivity contribution in [1.29, 1.82) is 0 Å². The molecular formula is C23H29F2N3O3. The van der Waals surface area contributed by atoms with Crippen molar-refractivity contribution < 1.29 is 23.4 Å². The highest BCUT2D eigenvalue weighted by atomic mass is 19.2. The van der Waals surface area contributed by atoms with E-state index in [0.29, 0.717) is 36.5 Å². The second-order valence-corrected chi connectivity index (χ2v) is 9.55. The number of carbonyl (C=O) groups is 1. The van der Waals surface area contributed by atoms with Crippen molar-refractivity contribution >= 4 is 6.09 Å². The molecule has 6 nitrogen and oxygen atoms in total. The molecule has 1 aromatic heterocycles. The lowest BCUT2D eigenvalue weighted by Gasteiger charge is -2.23. The third-order valence-electron chi connectivity index (χ3n) is 5.92. The number of aromatic nitrogens is 2. The third-order valence-corrected chi connectivity index (χ3v) is 5.92. The van der Waals surface area contributed by atoms with Gasteiger partial charge in [-0.2, -0.15) is 0 Å². The van der Waals surface area contributed by atoms with Crippen LogP contribution in [0.15, 0.2) is 24.4 Å². The molecule has 1 aromatic carbocycles. The van der Waals surface area contributed by atoms with Gasteiger partial charge < -0.3 is 19.7 Å². The second-order valence-electron chi connectivity index (χ2n) is 9.55. The maximum Gasteiger partial charge on any atom is 0.408 e. The topological polar surface area (TPSA) is 76.4 Å². The lowest BCUT2D eigenvalue weighted by molar-refractivity contribution is 0.0498. The number of aliphatic hydroxyl groups excluding tert-OH is 1. The first-order chi connectivity index (χ1) is 14.6. The summed E-state index contributed by atoms with van der Waals surface area (Å²) in [4.78, 5) is 16.9. The molecule has 2 N–H and O–H groups in total. The van der Waals surface area contributed by atoms with E-state index in [1.165, 1.54) is 6.07 Å². The highest BCUT2D eigenvalue weighted by Gasteiger charge is 2.37. The average molecular weight is 433 g/mol. The normalized spacial score (nSPS) is 22.4. The van der Waals surface area contributed by atoms with Crippen molar-refractivity contribution in [2.45, 2.75) is 76.7 Å². The Bertz CT molecular complexity index is 965. The van der Waals surface area contributed by atoms with Crippen LogP contribution in [0.4, 0.5) is 13.6 Å². The van der Waals surface area contributed by atoms with Crippen LogP contribution < -0.4 is 5.32 Å². The molecule has 8 heteroatoms. The first-order valence-corrected chi connectivity index (χ1v) is 10.8. The predicted molar refractivity (Wildman–Crippen MR) is 110 cm³/mol. The molecule has 2 heterocycles. The molecule has 1 saturated carbocycles. The number of carbonyl (C=O) groups excluding carboxylic acids is 1. The van der Waals surface area contributed by atoms with Gasteiger partial charge in [0.1, 0.15) is 11.4 Å². The van der Waals surface area contributed by atoms with Gasteiger partial charge in [-0.05, 0) is 64.0 Å². The van der Waals surface area contributed by atoms with Gasteiger partial charge in [-0.3, -0.25) is 0 Å². The maximum atomic E-state index is 14.6. The quantitative estimate of drug-likeness (QED) is 0.730. The Morgan fingerprint density at radius 2 is 2.00 bits per heavy atom. The predicted octanol–water partition coefficient (Wildman–Crippen LogP) is 4.75. The van der Waals surface area contributed by atoms with Gasteiger partial charge >= 0.3 is 6.09 Å². The van der Waals surface area contributed by atoms with E-state index >= 15 is 0 Å². The zero-order chi connectivity index (χ0) is 22.3. The van der Waals surface area contributed by atoms with E-state index in [2.05, 4.69) is 10.3 Å². The molecule has 1 fully saturated rings. The van der Waals surface area contributed by atoms with Crippen LogP contribution in [0.2, 0.25) is 0 Å². The first kappa shape index (κ1) is 21.7. The van der Waals surface area contributed by atoms with Gasteiger partial charge in [-0.15, -0.1) is 0 Å². The van der Waals surface area contributed by atoms with Gasteiger partial charge in [-0.25, -0.2) is 18.6 Å². The van der Waals surface area contributed by atoms with Gasteiger partial charge in [-0.1, -0.05) is 12.1 Å². The number of hydrogen-bond acceptors (Lipinski definition) is 4. The van der Waals surface area contributed by atoms with E-state index < -0.39 is 35.5 Å². The SMILES string of the molecule is CC(C)(C)OC(=O)N[C@@H]1CC[C@@H](c2cccc(F)c2F)Cn2c(C(O)C3CC3)cnc21. The monoisotopic (exact) mass is 433 g/mol. The molecular weight excluding hydrogens is 404 g/mol. The van der Waals surface area contributed by atoms with Crippen molar-refractivity contribution in [2.75, 3.05) is 0 Å². The smallest absolute Gasteiger partial charge is 0.408 e. The molecule has 1 amide bonds. The summed E-state index contributed by atoms with van der Waals surface area (Å²) < 4.78 is 35.7. The van der Waals surface area contributed by atoms with Gasteiger partial charge in [0.15, 0.2) is 11.6 Å². The summed E-state index contributed by atoms with van der Waals surface area (Å²) in [5.74, 6) is -1.27. The molecule has 1 aliphatic heterocycles. The number of benzene rings is 1. The summed E-state index contributed by atoms with van der Waals surface area (Å²) in [5.41, 5.74) is 0.298. The number of fused-ring (bicyclic) bond motifs is 1. The molecule has 0 saturated heterocycles. The number of alkyl carbamates (subject to hydrolysis) is 1. The Balaban J connectivity index is 1.67. The van der Waals surface area contributed by atoms with Crippen molar-refractivity contribution in [3.05, 3.63) is 53.1 Å². The lowest BCUT2D eigenvalue weighted by Crippen LogP contribution is -2.35. The molecule has 2 aliphatic rings. The van der Waals surface area contributed by atoms with E-state index in [-0.39, 0.29) is 11.8 Å². The Morgan fingerprint density at radius 1 is 1.26 bits per heavy atom. The Kier molecular flexibility index (Phi) is 5.77. The molecule has 0 radical (unpaired) electrons. The highest BCUT2D eigenvalue weighted by Crippen LogP contribution is 2.43. The fourth-order valence-electron chi connectivity index (χ4n) is 4.26. The van der Waals surface area contributed by atoms with Gasteiger partial charge in [0.05, 0.1) is 24.0 Å². The minimum Gasteiger partial charge on any atom is -0.444 e. The van der Waals surface area contributed by atoms with E-state index in [4.69, 9.17) is 4.74 Å². The number of halogens is 2. The summed E-state index contributed by atoms with van der Waals surface area (Å²) in [6.07, 6.45) is 3.30. The molecule has 1 aliphatic carbocycles. The van der Waals surface area contributed by atoms with Crippen LogP contribution in [-0.2, 0) is 11.3 Å². The average Bonchev–Trinajstić information content (AvgIpc) is 3.47. The molecule has 2 aromatic rings. The van der Waals surface area contributed by atoms with Crippen molar-refractivity contribution in [3.63, 3.8) is 0 Å². The maximum absolute atomic E-state index is 14.6. The molecule has 3 atom stereocenters. The van der Waals surface area contributed by atoms with E-state index in [9.17, 15) is 18.7 Å². The minimum absolute atomic E-state index is 0.186. The van der Waals surface area contributed by atoms with Crippen molar-refractivity contribution in [2.24, 2.45) is 5.92 Å². The number of nitrogens with one attached hydrogen (secondary N) is 1. The fourth-order valence-corrected chi connectivity index (χ4v) is 4.26. The zero-order valence-electron chi connectivity index (χ0n) is 18.1. The number of rotatable bonds is 4. The minimum atomic E-state index is -0.880. The number of hydrogen-bond donors (Lipinski definition) is 2. The first-order valence-electron chi connectivity index (χ1n) is 10.8. The number of imidazole rings is 1. The summed E-state index contributed by atoms with van der Waals surface area (Å²) in [6, 6.07) is 3.74. The van der Waals surface area contributed by atoms with E-state index in [1.54, 1.807) is 33.0 Å². The second kappa shape index (κ2) is 8.22.